The SMILES string of the molecule is [B]=C(C1=C(NCC(=O)NC(Cc2cc(F)cc(F)c2)c2nc(C#CC(C)(C)S(C)=O)ccc2-c2ccc(Cl)c3c(C)nn(CC(F)(F)F)c23)C(F)(F)CC1)C(F)(F)F. The van der Waals surface area contributed by atoms with Gasteiger partial charge in [-0.25, -0.2) is 8.78 Å². The molecule has 1 amide bonds. The number of pyridine rings is 1. The van der Waals surface area contributed by atoms with Crippen molar-refractivity contribution in [3.05, 3.63) is 93.0 Å². The van der Waals surface area contributed by atoms with E-state index in [0.717, 1.165) is 12.1 Å². The molecule has 2 aromatic carbocycles. The Balaban J connectivity index is 1.70. The molecule has 20 heteroatoms. The minimum atomic E-state index is -5.16. The fraction of sp³-hybridized carbons (Fsp3) is 0.368. The third-order valence-electron chi connectivity index (χ3n) is 9.21. The van der Waals surface area contributed by atoms with Gasteiger partial charge < -0.3 is 0 Å². The fourth-order valence-corrected chi connectivity index (χ4v) is 6.79. The molecule has 0 bridgehead atoms. The van der Waals surface area contributed by atoms with Crippen molar-refractivity contribution in [1.82, 2.24) is 25.4 Å². The summed E-state index contributed by atoms with van der Waals surface area (Å²) in [6.07, 6.45) is -10.7. The number of hydrogen-bond acceptors (Lipinski definition) is 5. The van der Waals surface area contributed by atoms with E-state index >= 15 is 0 Å². The van der Waals surface area contributed by atoms with Gasteiger partial charge in [0.15, 0.2) is 0 Å². The second kappa shape index (κ2) is 16.5. The Bertz CT molecular complexity index is 2400. The normalized spacial score (nSPS) is 15.6. The van der Waals surface area contributed by atoms with Crippen LogP contribution in [0.4, 0.5) is 43.9 Å². The van der Waals surface area contributed by atoms with Crippen LogP contribution in [-0.4, -0.2) is 73.7 Å². The van der Waals surface area contributed by atoms with Gasteiger partial charge in [-0.15, -0.1) is 0 Å². The van der Waals surface area contributed by atoms with E-state index in [2.05, 4.69) is 32.6 Å². The summed E-state index contributed by atoms with van der Waals surface area (Å²) in [6.45, 7) is 2.01. The average molecular weight is 859 g/mol. The van der Waals surface area contributed by atoms with Gasteiger partial charge in [0, 0.05) is 28.5 Å². The maximum atomic E-state index is 14.8. The Morgan fingerprint density at radius 2 is 1.69 bits per heavy atom. The van der Waals surface area contributed by atoms with Crippen LogP contribution in [-0.2, 0) is 28.6 Å². The van der Waals surface area contributed by atoms with Gasteiger partial charge in [-0.3, -0.25) is 8.89 Å². The Hall–Kier alpha value is -4.70. The second-order valence-corrected chi connectivity index (χ2v) is 16.3. The first-order valence-electron chi connectivity index (χ1n) is 17.2. The molecule has 4 aromatic rings. The van der Waals surface area contributed by atoms with E-state index in [1.807, 2.05) is 0 Å². The molecule has 5 rings (SSSR count). The van der Waals surface area contributed by atoms with Crippen LogP contribution in [0.25, 0.3) is 22.0 Å². The van der Waals surface area contributed by atoms with Crippen LogP contribution in [0.5, 0.6) is 0 Å². The predicted octanol–water partition coefficient (Wildman–Crippen LogP) is 7.99. The zero-order valence-corrected chi connectivity index (χ0v) is 32.5. The molecule has 2 N–H and O–H groups in total. The summed E-state index contributed by atoms with van der Waals surface area (Å²) in [5, 5.41) is 8.85. The summed E-state index contributed by atoms with van der Waals surface area (Å²) >= 11 is 6.46. The van der Waals surface area contributed by atoms with E-state index in [1.54, 1.807) is 13.8 Å². The molecule has 307 valence electrons. The number of halogens is 11. The number of fused-ring (bicyclic) bond motifs is 1. The number of rotatable bonds is 11. The molecule has 2 unspecified atom stereocenters. The first-order valence-corrected chi connectivity index (χ1v) is 19.1. The molecule has 0 spiro atoms. The molecular weight excluding hydrogens is 827 g/mol. The minimum absolute atomic E-state index is 0.0104. The van der Waals surface area contributed by atoms with E-state index in [4.69, 9.17) is 19.1 Å². The van der Waals surface area contributed by atoms with Gasteiger partial charge in [0.2, 0.25) is 0 Å². The molecule has 1 aliphatic carbocycles. The van der Waals surface area contributed by atoms with Crippen LogP contribution in [0.2, 0.25) is 5.02 Å². The molecule has 2 heterocycles. The Morgan fingerprint density at radius 1 is 1.05 bits per heavy atom. The Kier molecular flexibility index (Phi) is 12.6. The number of aromatic nitrogens is 3. The van der Waals surface area contributed by atoms with Crippen LogP contribution in [0.15, 0.2) is 53.7 Å². The van der Waals surface area contributed by atoms with Gasteiger partial charge in [-0.2, -0.15) is 18.3 Å². The summed E-state index contributed by atoms with van der Waals surface area (Å²) in [4.78, 5) is 18.2. The third-order valence-corrected chi connectivity index (χ3v) is 11.1. The number of hydrogen-bond donors (Lipinski definition) is 2. The number of carbonyl (C=O) groups is 1. The molecule has 0 aliphatic heterocycles. The summed E-state index contributed by atoms with van der Waals surface area (Å²) in [5.41, 5.74) is -4.01. The van der Waals surface area contributed by atoms with Crippen molar-refractivity contribution in [2.45, 2.75) is 75.6 Å². The monoisotopic (exact) mass is 858 g/mol. The quantitative estimate of drug-likeness (QED) is 0.0908. The van der Waals surface area contributed by atoms with Crippen LogP contribution in [0, 0.1) is 30.4 Å². The molecule has 1 radical (unpaired) electrons. The van der Waals surface area contributed by atoms with Gasteiger partial charge in [0.1, 0.15) is 11.3 Å². The molecule has 0 saturated heterocycles. The van der Waals surface area contributed by atoms with E-state index in [9.17, 15) is 52.9 Å². The molecule has 7 nitrogen and oxygen atoms in total. The number of allylic oxidation sites excluding steroid dienone is 2. The summed E-state index contributed by atoms with van der Waals surface area (Å²) < 4.78 is 153. The van der Waals surface area contributed by atoms with Gasteiger partial charge in [-0.05, 0) is 26.8 Å². The van der Waals surface area contributed by atoms with Crippen molar-refractivity contribution in [3.63, 3.8) is 0 Å². The number of amides is 1. The number of nitrogens with zero attached hydrogens (tertiary/aromatic N) is 3. The second-order valence-electron chi connectivity index (χ2n) is 13.9. The first kappa shape index (κ1) is 44.4. The van der Waals surface area contributed by atoms with Crippen LogP contribution in [0.1, 0.15) is 55.4 Å². The van der Waals surface area contributed by atoms with Crippen molar-refractivity contribution in [2.24, 2.45) is 0 Å². The van der Waals surface area contributed by atoms with E-state index < -0.39 is 106 Å². The molecule has 1 aliphatic rings. The maximum absolute atomic E-state index is 14.8. The molecule has 0 saturated carbocycles. The number of aryl methyl sites for hydroxylation is 1. The van der Waals surface area contributed by atoms with Crippen LogP contribution < -0.4 is 10.6 Å². The van der Waals surface area contributed by atoms with E-state index in [1.165, 1.54) is 37.4 Å². The summed E-state index contributed by atoms with van der Waals surface area (Å²) in [6, 6.07) is 6.50. The number of benzene rings is 2. The molecular formula is C38H32BClF10N5O2S. The van der Waals surface area contributed by atoms with Gasteiger partial charge in [-0.1, -0.05) is 17.5 Å². The third kappa shape index (κ3) is 10.1. The van der Waals surface area contributed by atoms with Crippen molar-refractivity contribution < 1.29 is 52.9 Å². The number of nitrogens with one attached hydrogen (secondary N) is 2. The topological polar surface area (TPSA) is 88.9 Å². The summed E-state index contributed by atoms with van der Waals surface area (Å²) in [7, 11) is 3.71. The first-order chi connectivity index (χ1) is 26.8. The van der Waals surface area contributed by atoms with Crippen molar-refractivity contribution in [1.29, 1.82) is 0 Å². The molecule has 0 fully saturated rings. The van der Waals surface area contributed by atoms with Crippen LogP contribution in [0.3, 0.4) is 0 Å². The molecule has 2 aromatic heterocycles. The van der Waals surface area contributed by atoms with Gasteiger partial charge >= 0.3 is 204 Å². The summed E-state index contributed by atoms with van der Waals surface area (Å²) in [5.74, 6) is -1.36. The van der Waals surface area contributed by atoms with Gasteiger partial charge in [0.05, 0.1) is 10.7 Å². The van der Waals surface area contributed by atoms with E-state index in [0.29, 0.717) is 10.7 Å². The predicted molar refractivity (Wildman–Crippen MR) is 201 cm³/mol. The molecule has 2 atom stereocenters. The number of alkyl halides is 8. The molecule has 58 heavy (non-hydrogen) atoms. The van der Waals surface area contributed by atoms with Crippen molar-refractivity contribution in [2.75, 3.05) is 12.8 Å². The van der Waals surface area contributed by atoms with Crippen molar-refractivity contribution >= 4 is 52.2 Å². The zero-order valence-electron chi connectivity index (χ0n) is 31.0. The van der Waals surface area contributed by atoms with Crippen LogP contribution >= 0.6 is 11.6 Å². The average Bonchev–Trinajstić information content (AvgIpc) is 3.58. The van der Waals surface area contributed by atoms with E-state index in [-0.39, 0.29) is 49.7 Å². The standard InChI is InChI=1S/C38H32BClF10N5O2S/c1-19-30-27(40)8-7-25(32(30)55(54-19)18-37(45,46)47)24-6-5-23(9-11-35(2,3)58(4)57)52-31(24)28(15-20-13-21(41)16-22(42)14-20)53-29(56)17-51-34-26(10-12-36(34,43)44)33(39)38(48,49)50/h5-8,13-14,16,28,51H,10,12,15,17-18H2,1-4H3,(H,53,56). The zero-order chi connectivity index (χ0) is 43.1. The fourth-order valence-electron chi connectivity index (χ4n) is 6.31. The van der Waals surface area contributed by atoms with Crippen molar-refractivity contribution in [3.8, 4) is 23.0 Å². The van der Waals surface area contributed by atoms with Gasteiger partial charge in [0.25, 0.3) is 0 Å². The Labute approximate surface area is 334 Å². The number of carbonyl (C=O) groups excluding carboxylic acids is 1. The Morgan fingerprint density at radius 3 is 2.29 bits per heavy atom.